The zero-order chi connectivity index (χ0) is 17.1. The minimum atomic E-state index is 0.929. The molecular formula is C23H15N3. The fraction of sp³-hybridized carbons (Fsp3) is 0. The molecule has 3 nitrogen and oxygen atoms in total. The van der Waals surface area contributed by atoms with Crippen LogP contribution in [0.3, 0.4) is 0 Å². The van der Waals surface area contributed by atoms with Crippen LogP contribution < -0.4 is 0 Å². The number of rotatable bonds is 1. The maximum absolute atomic E-state index is 5.04. The Morgan fingerprint density at radius 1 is 0.654 bits per heavy atom. The first-order valence-electron chi connectivity index (χ1n) is 8.76. The van der Waals surface area contributed by atoms with Gasteiger partial charge in [-0.3, -0.25) is 4.57 Å². The first-order valence-corrected chi connectivity index (χ1v) is 8.76. The van der Waals surface area contributed by atoms with Gasteiger partial charge in [-0.1, -0.05) is 54.6 Å². The number of aromatic amines is 1. The number of fused-ring (bicyclic) bond motifs is 6. The van der Waals surface area contributed by atoms with Crippen LogP contribution in [0.15, 0.2) is 84.9 Å². The summed E-state index contributed by atoms with van der Waals surface area (Å²) in [6, 6.07) is 29.6. The second-order valence-corrected chi connectivity index (χ2v) is 6.61. The summed E-state index contributed by atoms with van der Waals surface area (Å²) >= 11 is 0. The molecule has 0 spiro atoms. The number of aromatic nitrogens is 3. The van der Waals surface area contributed by atoms with E-state index in [1.807, 2.05) is 6.07 Å². The molecule has 0 aliphatic heterocycles. The predicted molar refractivity (Wildman–Crippen MR) is 108 cm³/mol. The number of pyridine rings is 1. The molecule has 3 heteroatoms. The van der Waals surface area contributed by atoms with Crippen LogP contribution in [-0.2, 0) is 0 Å². The molecule has 0 saturated heterocycles. The fourth-order valence-electron chi connectivity index (χ4n) is 3.98. The lowest BCUT2D eigenvalue weighted by atomic mass is 10.1. The smallest absolute Gasteiger partial charge is 0.148 e. The molecule has 3 aromatic heterocycles. The van der Waals surface area contributed by atoms with E-state index in [2.05, 4.69) is 88.4 Å². The van der Waals surface area contributed by atoms with E-state index in [1.165, 1.54) is 27.1 Å². The van der Waals surface area contributed by atoms with Crippen molar-refractivity contribution in [3.8, 4) is 5.69 Å². The normalized spacial score (nSPS) is 11.8. The summed E-state index contributed by atoms with van der Waals surface area (Å²) in [5, 5.41) is 4.80. The molecule has 0 aliphatic rings. The molecule has 26 heavy (non-hydrogen) atoms. The number of nitrogens with one attached hydrogen (secondary N) is 1. The summed E-state index contributed by atoms with van der Waals surface area (Å²) in [5.41, 5.74) is 5.34. The van der Waals surface area contributed by atoms with Gasteiger partial charge in [-0.05, 0) is 30.3 Å². The average molecular weight is 333 g/mol. The van der Waals surface area contributed by atoms with Crippen LogP contribution in [0.25, 0.3) is 49.6 Å². The van der Waals surface area contributed by atoms with Gasteiger partial charge < -0.3 is 4.98 Å². The molecule has 122 valence electrons. The molecule has 0 fully saturated rings. The van der Waals surface area contributed by atoms with Gasteiger partial charge in [0.25, 0.3) is 0 Å². The van der Waals surface area contributed by atoms with Crippen molar-refractivity contribution in [3.63, 3.8) is 0 Å². The van der Waals surface area contributed by atoms with E-state index in [9.17, 15) is 0 Å². The molecule has 0 saturated carbocycles. The van der Waals surface area contributed by atoms with Crippen LogP contribution in [0.4, 0.5) is 0 Å². The van der Waals surface area contributed by atoms with Gasteiger partial charge in [-0.25, -0.2) is 4.98 Å². The summed E-state index contributed by atoms with van der Waals surface area (Å²) in [4.78, 5) is 8.50. The van der Waals surface area contributed by atoms with Crippen LogP contribution >= 0.6 is 0 Å². The van der Waals surface area contributed by atoms with Crippen LogP contribution in [0, 0.1) is 0 Å². The van der Waals surface area contributed by atoms with Crippen molar-refractivity contribution >= 4 is 43.9 Å². The average Bonchev–Trinajstić information content (AvgIpc) is 3.22. The molecular weight excluding hydrogens is 318 g/mol. The Bertz CT molecular complexity index is 1420. The highest BCUT2D eigenvalue weighted by molar-refractivity contribution is 6.15. The Morgan fingerprint density at radius 2 is 1.38 bits per heavy atom. The van der Waals surface area contributed by atoms with Crippen LogP contribution in [0.2, 0.25) is 0 Å². The molecule has 0 aliphatic carbocycles. The number of nitrogens with zero attached hydrogens (tertiary/aromatic N) is 2. The predicted octanol–water partition coefficient (Wildman–Crippen LogP) is 5.81. The minimum Gasteiger partial charge on any atom is -0.339 e. The maximum Gasteiger partial charge on any atom is 0.148 e. The topological polar surface area (TPSA) is 33.6 Å². The molecule has 0 bridgehead atoms. The zero-order valence-corrected chi connectivity index (χ0v) is 14.0. The third-order valence-electron chi connectivity index (χ3n) is 5.13. The summed E-state index contributed by atoms with van der Waals surface area (Å²) < 4.78 is 2.25. The summed E-state index contributed by atoms with van der Waals surface area (Å²) in [6.45, 7) is 0. The Balaban J connectivity index is 1.85. The third kappa shape index (κ3) is 1.74. The van der Waals surface area contributed by atoms with E-state index >= 15 is 0 Å². The van der Waals surface area contributed by atoms with Gasteiger partial charge in [-0.2, -0.15) is 0 Å². The van der Waals surface area contributed by atoms with E-state index in [0.717, 1.165) is 22.5 Å². The number of H-pyrrole nitrogens is 1. The molecule has 0 amide bonds. The van der Waals surface area contributed by atoms with E-state index in [4.69, 9.17) is 4.98 Å². The van der Waals surface area contributed by atoms with Crippen molar-refractivity contribution in [2.45, 2.75) is 0 Å². The van der Waals surface area contributed by atoms with Crippen molar-refractivity contribution in [1.82, 2.24) is 14.5 Å². The second-order valence-electron chi connectivity index (χ2n) is 6.61. The SMILES string of the molecule is c1ccc(-n2c3ccccc3c3cc4c(nc32)[nH]c2ccccc24)cc1. The van der Waals surface area contributed by atoms with Crippen molar-refractivity contribution in [2.75, 3.05) is 0 Å². The lowest BCUT2D eigenvalue weighted by Gasteiger charge is -2.06. The summed E-state index contributed by atoms with van der Waals surface area (Å²) in [5.74, 6) is 0. The van der Waals surface area contributed by atoms with E-state index in [0.29, 0.717) is 0 Å². The Morgan fingerprint density at radius 3 is 2.27 bits per heavy atom. The van der Waals surface area contributed by atoms with Crippen molar-refractivity contribution in [2.24, 2.45) is 0 Å². The van der Waals surface area contributed by atoms with Gasteiger partial charge in [0.15, 0.2) is 0 Å². The summed E-state index contributed by atoms with van der Waals surface area (Å²) in [7, 11) is 0. The van der Waals surface area contributed by atoms with Gasteiger partial charge >= 0.3 is 0 Å². The van der Waals surface area contributed by atoms with Gasteiger partial charge in [-0.15, -0.1) is 0 Å². The highest BCUT2D eigenvalue weighted by atomic mass is 15.1. The van der Waals surface area contributed by atoms with Crippen LogP contribution in [-0.4, -0.2) is 14.5 Å². The molecule has 6 rings (SSSR count). The zero-order valence-electron chi connectivity index (χ0n) is 14.0. The molecule has 3 aromatic carbocycles. The summed E-state index contributed by atoms with van der Waals surface area (Å²) in [6.07, 6.45) is 0. The first-order chi connectivity index (χ1) is 12.9. The molecule has 0 radical (unpaired) electrons. The molecule has 1 N–H and O–H groups in total. The monoisotopic (exact) mass is 333 g/mol. The third-order valence-corrected chi connectivity index (χ3v) is 5.13. The van der Waals surface area contributed by atoms with Crippen molar-refractivity contribution in [1.29, 1.82) is 0 Å². The molecule has 6 aromatic rings. The molecule has 3 heterocycles. The lowest BCUT2D eigenvalue weighted by Crippen LogP contribution is -1.95. The van der Waals surface area contributed by atoms with Crippen LogP contribution in [0.5, 0.6) is 0 Å². The highest BCUT2D eigenvalue weighted by Gasteiger charge is 2.15. The Kier molecular flexibility index (Phi) is 2.61. The quantitative estimate of drug-likeness (QED) is 0.404. The molecule has 0 unspecified atom stereocenters. The largest absolute Gasteiger partial charge is 0.339 e. The van der Waals surface area contributed by atoms with Crippen LogP contribution in [0.1, 0.15) is 0 Å². The van der Waals surface area contributed by atoms with Crippen molar-refractivity contribution < 1.29 is 0 Å². The lowest BCUT2D eigenvalue weighted by molar-refractivity contribution is 1.14. The molecule has 0 atom stereocenters. The van der Waals surface area contributed by atoms with Gasteiger partial charge in [0.2, 0.25) is 0 Å². The Hall–Kier alpha value is -3.59. The minimum absolute atomic E-state index is 0.929. The van der Waals surface area contributed by atoms with E-state index in [-0.39, 0.29) is 0 Å². The van der Waals surface area contributed by atoms with E-state index < -0.39 is 0 Å². The van der Waals surface area contributed by atoms with Crippen molar-refractivity contribution in [3.05, 3.63) is 84.9 Å². The van der Waals surface area contributed by atoms with E-state index in [1.54, 1.807) is 0 Å². The standard InChI is InChI=1S/C23H15N3/c1-2-8-15(9-3-1)26-21-13-7-5-11-17(21)19-14-18-16-10-4-6-12-20(16)24-22(18)25-23(19)26/h1-14H,(H,24,25). The van der Waals surface area contributed by atoms with Gasteiger partial charge in [0.1, 0.15) is 11.3 Å². The first kappa shape index (κ1) is 13.7. The number of benzene rings is 3. The number of hydrogen-bond acceptors (Lipinski definition) is 1. The van der Waals surface area contributed by atoms with Gasteiger partial charge in [0.05, 0.1) is 5.52 Å². The highest BCUT2D eigenvalue weighted by Crippen LogP contribution is 2.34. The maximum atomic E-state index is 5.04. The van der Waals surface area contributed by atoms with Gasteiger partial charge in [0, 0.05) is 32.7 Å². The number of para-hydroxylation sites is 3. The second kappa shape index (κ2) is 4.96. The fourth-order valence-corrected chi connectivity index (χ4v) is 3.98. The Labute approximate surface area is 149 Å². The number of hydrogen-bond donors (Lipinski definition) is 1.